The van der Waals surface area contributed by atoms with Crippen molar-refractivity contribution in [3.05, 3.63) is 29.6 Å². The van der Waals surface area contributed by atoms with E-state index in [9.17, 15) is 12.8 Å². The highest BCUT2D eigenvalue weighted by atomic mass is 32.2. The zero-order valence-corrected chi connectivity index (χ0v) is 8.25. The standard InChI is InChI=1S/C8H9FN2O2S/c1-14(12,13)8-3-2-7(9)4-6(8)5-11-10/h2-5H,10H2,1H3. The van der Waals surface area contributed by atoms with Crippen LogP contribution in [0.1, 0.15) is 5.56 Å². The van der Waals surface area contributed by atoms with E-state index in [0.29, 0.717) is 0 Å². The highest BCUT2D eigenvalue weighted by Gasteiger charge is 2.12. The Balaban J connectivity index is 3.44. The summed E-state index contributed by atoms with van der Waals surface area (Å²) in [7, 11) is -3.39. The van der Waals surface area contributed by atoms with E-state index in [4.69, 9.17) is 5.84 Å². The van der Waals surface area contributed by atoms with Gasteiger partial charge in [-0.15, -0.1) is 0 Å². The topological polar surface area (TPSA) is 72.5 Å². The number of hydrogen-bond donors (Lipinski definition) is 1. The molecule has 0 aliphatic heterocycles. The van der Waals surface area contributed by atoms with Gasteiger partial charge in [0.1, 0.15) is 5.82 Å². The minimum absolute atomic E-state index is 0.00750. The summed E-state index contributed by atoms with van der Waals surface area (Å²) in [5.74, 6) is 4.34. The maximum Gasteiger partial charge on any atom is 0.176 e. The van der Waals surface area contributed by atoms with Gasteiger partial charge in [-0.3, -0.25) is 0 Å². The van der Waals surface area contributed by atoms with E-state index in [-0.39, 0.29) is 10.5 Å². The molecule has 0 spiro atoms. The maximum absolute atomic E-state index is 12.8. The third kappa shape index (κ3) is 2.29. The number of hydrazone groups is 1. The molecular weight excluding hydrogens is 207 g/mol. The van der Waals surface area contributed by atoms with Crippen LogP contribution in [0.5, 0.6) is 0 Å². The minimum atomic E-state index is -3.39. The quantitative estimate of drug-likeness (QED) is 0.339. The van der Waals surface area contributed by atoms with Gasteiger partial charge in [0, 0.05) is 11.8 Å². The molecule has 0 bridgehead atoms. The smallest absolute Gasteiger partial charge is 0.176 e. The van der Waals surface area contributed by atoms with Crippen LogP contribution in [0, 0.1) is 5.82 Å². The third-order valence-corrected chi connectivity index (χ3v) is 2.76. The zero-order chi connectivity index (χ0) is 10.8. The number of nitrogens with zero attached hydrogens (tertiary/aromatic N) is 1. The summed E-state index contributed by atoms with van der Waals surface area (Å²) in [5.41, 5.74) is 0.148. The van der Waals surface area contributed by atoms with Crippen molar-refractivity contribution in [3.63, 3.8) is 0 Å². The largest absolute Gasteiger partial charge is 0.323 e. The molecule has 1 aromatic carbocycles. The van der Waals surface area contributed by atoms with Crippen LogP contribution in [0.4, 0.5) is 4.39 Å². The van der Waals surface area contributed by atoms with Crippen LogP contribution in [0.3, 0.4) is 0 Å². The number of rotatable bonds is 2. The highest BCUT2D eigenvalue weighted by Crippen LogP contribution is 2.15. The number of halogens is 1. The maximum atomic E-state index is 12.8. The normalized spacial score (nSPS) is 12.1. The van der Waals surface area contributed by atoms with E-state index in [1.54, 1.807) is 0 Å². The van der Waals surface area contributed by atoms with Crippen LogP contribution in [0.25, 0.3) is 0 Å². The summed E-state index contributed by atoms with van der Waals surface area (Å²) >= 11 is 0. The fourth-order valence-electron chi connectivity index (χ4n) is 1.04. The van der Waals surface area contributed by atoms with E-state index in [0.717, 1.165) is 24.6 Å². The minimum Gasteiger partial charge on any atom is -0.323 e. The van der Waals surface area contributed by atoms with Gasteiger partial charge in [0.2, 0.25) is 0 Å². The summed E-state index contributed by atoms with van der Waals surface area (Å²) < 4.78 is 35.2. The molecule has 0 atom stereocenters. The SMILES string of the molecule is CS(=O)(=O)c1ccc(F)cc1C=NN. The lowest BCUT2D eigenvalue weighted by atomic mass is 10.2. The van der Waals surface area contributed by atoms with Crippen molar-refractivity contribution in [1.82, 2.24) is 0 Å². The third-order valence-electron chi connectivity index (χ3n) is 1.58. The van der Waals surface area contributed by atoms with Crippen molar-refractivity contribution in [2.45, 2.75) is 4.90 Å². The summed E-state index contributed by atoms with van der Waals surface area (Å²) in [6.07, 6.45) is 2.13. The molecule has 0 aromatic heterocycles. The van der Waals surface area contributed by atoms with Crippen molar-refractivity contribution in [3.8, 4) is 0 Å². The summed E-state index contributed by atoms with van der Waals surface area (Å²) in [4.78, 5) is 0.00750. The van der Waals surface area contributed by atoms with E-state index in [1.807, 2.05) is 0 Å². The van der Waals surface area contributed by atoms with Crippen molar-refractivity contribution >= 4 is 16.1 Å². The van der Waals surface area contributed by atoms with Crippen LogP contribution in [-0.4, -0.2) is 20.9 Å². The molecule has 0 radical (unpaired) electrons. The Bertz CT molecular complexity index is 468. The van der Waals surface area contributed by atoms with Gasteiger partial charge in [-0.2, -0.15) is 5.10 Å². The lowest BCUT2D eigenvalue weighted by molar-refractivity contribution is 0.600. The van der Waals surface area contributed by atoms with Crippen LogP contribution in [-0.2, 0) is 9.84 Å². The molecule has 0 unspecified atom stereocenters. The Kier molecular flexibility index (Phi) is 2.85. The second-order valence-corrected chi connectivity index (χ2v) is 4.72. The molecule has 0 fully saturated rings. The second kappa shape index (κ2) is 3.75. The first-order valence-electron chi connectivity index (χ1n) is 3.68. The van der Waals surface area contributed by atoms with Gasteiger partial charge in [0.25, 0.3) is 0 Å². The first kappa shape index (κ1) is 10.6. The predicted molar refractivity (Wildman–Crippen MR) is 51.3 cm³/mol. The number of benzene rings is 1. The van der Waals surface area contributed by atoms with Gasteiger partial charge in [-0.05, 0) is 18.2 Å². The summed E-state index contributed by atoms with van der Waals surface area (Å²) in [6.45, 7) is 0. The van der Waals surface area contributed by atoms with Crippen LogP contribution in [0.2, 0.25) is 0 Å². The Labute approximate surface area is 81.2 Å². The van der Waals surface area contributed by atoms with Gasteiger partial charge >= 0.3 is 0 Å². The molecule has 0 heterocycles. The molecule has 0 amide bonds. The van der Waals surface area contributed by atoms with Crippen molar-refractivity contribution < 1.29 is 12.8 Å². The molecule has 0 saturated carbocycles. The van der Waals surface area contributed by atoms with Gasteiger partial charge < -0.3 is 5.84 Å². The molecule has 0 aliphatic rings. The highest BCUT2D eigenvalue weighted by molar-refractivity contribution is 7.90. The Hall–Kier alpha value is -1.43. The Morgan fingerprint density at radius 3 is 2.64 bits per heavy atom. The molecule has 1 rings (SSSR count). The molecule has 76 valence electrons. The van der Waals surface area contributed by atoms with Crippen LogP contribution >= 0.6 is 0 Å². The van der Waals surface area contributed by atoms with E-state index < -0.39 is 15.7 Å². The molecule has 4 nitrogen and oxygen atoms in total. The average Bonchev–Trinajstić information content (AvgIpc) is 2.02. The van der Waals surface area contributed by atoms with E-state index in [2.05, 4.69) is 5.10 Å². The molecule has 0 saturated heterocycles. The Morgan fingerprint density at radius 2 is 2.14 bits per heavy atom. The molecule has 2 N–H and O–H groups in total. The Morgan fingerprint density at radius 1 is 1.50 bits per heavy atom. The van der Waals surface area contributed by atoms with Gasteiger partial charge in [-0.25, -0.2) is 12.8 Å². The lowest BCUT2D eigenvalue weighted by Gasteiger charge is -2.02. The monoisotopic (exact) mass is 216 g/mol. The van der Waals surface area contributed by atoms with Crippen LogP contribution in [0.15, 0.2) is 28.2 Å². The molecule has 1 aromatic rings. The predicted octanol–water partition coefficient (Wildman–Crippen LogP) is 0.522. The second-order valence-electron chi connectivity index (χ2n) is 2.73. The number of sulfone groups is 1. The van der Waals surface area contributed by atoms with Gasteiger partial charge in [0.05, 0.1) is 11.1 Å². The molecule has 0 aliphatic carbocycles. The van der Waals surface area contributed by atoms with Crippen molar-refractivity contribution in [2.24, 2.45) is 10.9 Å². The summed E-state index contributed by atoms with van der Waals surface area (Å²) in [6, 6.07) is 3.32. The average molecular weight is 216 g/mol. The summed E-state index contributed by atoms with van der Waals surface area (Å²) in [5, 5.41) is 3.17. The fourth-order valence-corrected chi connectivity index (χ4v) is 1.89. The number of nitrogens with two attached hydrogens (primary N) is 1. The van der Waals surface area contributed by atoms with Crippen molar-refractivity contribution in [2.75, 3.05) is 6.26 Å². The van der Waals surface area contributed by atoms with E-state index in [1.165, 1.54) is 6.07 Å². The first-order valence-corrected chi connectivity index (χ1v) is 5.57. The number of hydrogen-bond acceptors (Lipinski definition) is 4. The lowest BCUT2D eigenvalue weighted by Crippen LogP contribution is -2.03. The first-order chi connectivity index (χ1) is 6.45. The van der Waals surface area contributed by atoms with Crippen molar-refractivity contribution in [1.29, 1.82) is 0 Å². The van der Waals surface area contributed by atoms with E-state index >= 15 is 0 Å². The molecule has 14 heavy (non-hydrogen) atoms. The molecule has 6 heteroatoms. The zero-order valence-electron chi connectivity index (χ0n) is 7.44. The molecular formula is C8H9FN2O2S. The van der Waals surface area contributed by atoms with Gasteiger partial charge in [-0.1, -0.05) is 0 Å². The van der Waals surface area contributed by atoms with Gasteiger partial charge in [0.15, 0.2) is 9.84 Å². The van der Waals surface area contributed by atoms with Crippen LogP contribution < -0.4 is 5.84 Å². The fraction of sp³-hybridized carbons (Fsp3) is 0.125.